The lowest BCUT2D eigenvalue weighted by Gasteiger charge is -2.30. The molecule has 24 nitrogen and oxygen atoms in total. The van der Waals surface area contributed by atoms with Gasteiger partial charge in [0.05, 0.1) is 19.5 Å². The van der Waals surface area contributed by atoms with Gasteiger partial charge in [-0.25, -0.2) is 28.6 Å². The highest BCUT2D eigenvalue weighted by molar-refractivity contribution is 8.14. The molecule has 2 aromatic rings. The van der Waals surface area contributed by atoms with Crippen LogP contribution >= 0.6 is 35.2 Å². The number of imidazole rings is 1. The average molecular weight is 850 g/mol. The van der Waals surface area contributed by atoms with Crippen molar-refractivity contribution in [3.05, 3.63) is 24.3 Å². The van der Waals surface area contributed by atoms with E-state index in [0.717, 1.165) is 29.0 Å². The van der Waals surface area contributed by atoms with Crippen molar-refractivity contribution in [2.45, 2.75) is 64.8 Å². The first-order valence-electron chi connectivity index (χ1n) is 15.7. The van der Waals surface area contributed by atoms with Crippen molar-refractivity contribution < 1.29 is 80.5 Å². The van der Waals surface area contributed by atoms with E-state index in [0.29, 0.717) is 11.3 Å². The predicted octanol–water partition coefficient (Wildman–Crippen LogP) is -0.369. The molecule has 0 aromatic carbocycles. The van der Waals surface area contributed by atoms with Gasteiger partial charge < -0.3 is 50.9 Å². The van der Waals surface area contributed by atoms with Gasteiger partial charge in [-0.1, -0.05) is 31.7 Å². The second-order valence-electron chi connectivity index (χ2n) is 12.2. The number of hydrogen-bond donors (Lipinski definition) is 9. The Kier molecular flexibility index (Phi) is 16.0. The predicted molar refractivity (Wildman–Crippen MR) is 187 cm³/mol. The number of fused-ring (bicyclic) bond motifs is 1. The third kappa shape index (κ3) is 13.2. The van der Waals surface area contributed by atoms with E-state index in [1.807, 2.05) is 0 Å². The second kappa shape index (κ2) is 19.0. The zero-order valence-electron chi connectivity index (χ0n) is 29.2. The van der Waals surface area contributed by atoms with Crippen molar-refractivity contribution in [1.29, 1.82) is 0 Å². The van der Waals surface area contributed by atoms with Gasteiger partial charge in [0.25, 0.3) is 0 Å². The van der Waals surface area contributed by atoms with Gasteiger partial charge in [-0.2, -0.15) is 4.31 Å². The summed E-state index contributed by atoms with van der Waals surface area (Å²) in [6, 6.07) is 0. The molecule has 28 heteroatoms. The lowest BCUT2D eigenvalue weighted by Crippen LogP contribution is -2.46. The number of aliphatic hydroxyl groups is 2. The minimum atomic E-state index is -5.57. The first kappa shape index (κ1) is 45.7. The van der Waals surface area contributed by atoms with E-state index in [-0.39, 0.29) is 41.6 Å². The molecule has 3 rings (SSSR count). The third-order valence-electron chi connectivity index (χ3n) is 7.49. The molecule has 1 aliphatic heterocycles. The number of nitrogens with zero attached hydrogens (tertiary/aromatic N) is 4. The maximum Gasteiger partial charge on any atom is 0.481 e. The van der Waals surface area contributed by atoms with Crippen LogP contribution in [0.15, 0.2) is 24.3 Å². The van der Waals surface area contributed by atoms with Crippen LogP contribution in [0, 0.1) is 5.41 Å². The highest BCUT2D eigenvalue weighted by Crippen LogP contribution is 2.61. The number of nitrogens with two attached hydrogens (primary N) is 1. The second-order valence-corrected chi connectivity index (χ2v) is 17.5. The van der Waals surface area contributed by atoms with Crippen LogP contribution in [0.1, 0.15) is 40.3 Å². The summed E-state index contributed by atoms with van der Waals surface area (Å²) in [6.07, 6.45) is -5.24. The molecule has 0 aliphatic carbocycles. The molecule has 0 bridgehead atoms. The highest BCUT2D eigenvalue weighted by atomic mass is 32.2. The van der Waals surface area contributed by atoms with Crippen LogP contribution in [0.2, 0.25) is 0 Å². The van der Waals surface area contributed by atoms with Gasteiger partial charge in [0.2, 0.25) is 16.9 Å². The molecule has 10 N–H and O–H groups in total. The molecule has 7 atom stereocenters. The molecule has 1 fully saturated rings. The number of phosphoric acid groups is 3. The van der Waals surface area contributed by atoms with Crippen molar-refractivity contribution in [2.24, 2.45) is 5.41 Å². The van der Waals surface area contributed by atoms with Crippen LogP contribution < -0.4 is 16.4 Å². The van der Waals surface area contributed by atoms with Crippen LogP contribution in [0.5, 0.6) is 0 Å². The SMILES string of the molecule is CC=C(C)C(=O)SCCNC(=O)CCNC(=O)C(O)C(C)(C)COP(=O)(O)OP(=O)(O)OCC1OC(n2cnc3c(N)ncnc32)C(O)C1OP(=O)(O)O. The van der Waals surface area contributed by atoms with Crippen LogP contribution in [0.3, 0.4) is 0 Å². The lowest BCUT2D eigenvalue weighted by atomic mass is 9.87. The molecule has 0 radical (unpaired) electrons. The summed E-state index contributed by atoms with van der Waals surface area (Å²) in [5.41, 5.74) is 4.84. The smallest absolute Gasteiger partial charge is 0.386 e. The van der Waals surface area contributed by atoms with Crippen molar-refractivity contribution in [3.63, 3.8) is 0 Å². The first-order valence-corrected chi connectivity index (χ1v) is 21.2. The van der Waals surface area contributed by atoms with E-state index >= 15 is 0 Å². The quantitative estimate of drug-likeness (QED) is 0.0466. The standard InChI is InChI=1S/C26H42N7O17P3S/c1-5-14(2)25(38)54-9-8-28-16(34)6-7-29-23(37)20(36)26(3,4)11-47-53(44,45)50-52(42,43)46-10-15-19(49-51(39,40)41)18(35)24(48-15)33-13-32-17-21(27)30-12-31-22(17)33/h5,12-13,15,18-20,24,35-36H,6-11H2,1-4H3,(H,28,34)(H,29,37)(H,42,43)(H,44,45)(H2,27,30,31)(H2,39,40,41). The zero-order chi connectivity index (χ0) is 40.6. The van der Waals surface area contributed by atoms with Gasteiger partial charge in [-0.05, 0) is 19.4 Å². The van der Waals surface area contributed by atoms with Gasteiger partial charge in [-0.3, -0.25) is 32.5 Å². The molecule has 2 amide bonds. The largest absolute Gasteiger partial charge is 0.481 e. The van der Waals surface area contributed by atoms with Crippen LogP contribution in [-0.4, -0.2) is 123 Å². The molecule has 7 unspecified atom stereocenters. The minimum absolute atomic E-state index is 0.0301. The maximum atomic E-state index is 12.7. The zero-order valence-corrected chi connectivity index (χ0v) is 32.7. The normalized spacial score (nSPS) is 22.4. The molecule has 1 aliphatic rings. The number of carbonyl (C=O) groups is 3. The number of thioether (sulfide) groups is 1. The van der Waals surface area contributed by atoms with Gasteiger partial charge in [0, 0.05) is 30.7 Å². The van der Waals surface area contributed by atoms with Gasteiger partial charge in [0.1, 0.15) is 36.3 Å². The molecule has 0 saturated carbocycles. The third-order valence-corrected chi connectivity index (χ3v) is 11.6. The number of hydrogen-bond acceptors (Lipinski definition) is 18. The summed E-state index contributed by atoms with van der Waals surface area (Å²) in [7, 11) is -16.4. The van der Waals surface area contributed by atoms with Crippen LogP contribution in [0.25, 0.3) is 11.2 Å². The first-order chi connectivity index (χ1) is 25.0. The molecular formula is C26H42N7O17P3S. The Morgan fingerprint density at radius 3 is 2.41 bits per heavy atom. The number of amides is 2. The van der Waals surface area contributed by atoms with Crippen molar-refractivity contribution in [3.8, 4) is 0 Å². The Balaban J connectivity index is 1.51. The van der Waals surface area contributed by atoms with E-state index in [1.165, 1.54) is 13.8 Å². The maximum absolute atomic E-state index is 12.7. The van der Waals surface area contributed by atoms with E-state index in [4.69, 9.17) is 19.5 Å². The van der Waals surface area contributed by atoms with Crippen molar-refractivity contribution >= 4 is 69.1 Å². The number of nitrogens with one attached hydrogen (secondary N) is 2. The monoisotopic (exact) mass is 849 g/mol. The fourth-order valence-electron chi connectivity index (χ4n) is 4.51. The molecule has 1 saturated heterocycles. The molecule has 54 heavy (non-hydrogen) atoms. The van der Waals surface area contributed by atoms with Crippen LogP contribution in [-0.2, 0) is 50.7 Å². The van der Waals surface area contributed by atoms with E-state index < -0.39 is 84.6 Å². The molecule has 2 aromatic heterocycles. The van der Waals surface area contributed by atoms with Crippen molar-refractivity contribution in [1.82, 2.24) is 30.2 Å². The summed E-state index contributed by atoms with van der Waals surface area (Å²) < 4.78 is 62.0. The molecule has 304 valence electrons. The summed E-state index contributed by atoms with van der Waals surface area (Å²) in [6.45, 7) is 3.88. The van der Waals surface area contributed by atoms with Gasteiger partial charge in [0.15, 0.2) is 17.7 Å². The Labute approximate surface area is 311 Å². The number of nitrogen functional groups attached to an aromatic ring is 1. The molecule has 3 heterocycles. The van der Waals surface area contributed by atoms with Gasteiger partial charge in [-0.15, -0.1) is 0 Å². The van der Waals surface area contributed by atoms with E-state index in [2.05, 4.69) is 34.4 Å². The number of allylic oxidation sites excluding steroid dienone is 1. The average Bonchev–Trinajstić information content (AvgIpc) is 3.64. The van der Waals surface area contributed by atoms with E-state index in [1.54, 1.807) is 19.9 Å². The number of carbonyl (C=O) groups excluding carboxylic acids is 3. The number of aliphatic hydroxyl groups excluding tert-OH is 2. The summed E-state index contributed by atoms with van der Waals surface area (Å²) >= 11 is 1.03. The summed E-state index contributed by atoms with van der Waals surface area (Å²) in [5.74, 6) is -1.13. The topological polar surface area (TPSA) is 364 Å². The number of ether oxygens (including phenoxy) is 1. The Bertz CT molecular complexity index is 1840. The minimum Gasteiger partial charge on any atom is -0.386 e. The Morgan fingerprint density at radius 2 is 1.76 bits per heavy atom. The fraction of sp³-hybridized carbons (Fsp3) is 0.615. The summed E-state index contributed by atoms with van der Waals surface area (Å²) in [5, 5.41) is 26.2. The molecule has 0 spiro atoms. The highest BCUT2D eigenvalue weighted by Gasteiger charge is 2.50. The van der Waals surface area contributed by atoms with Gasteiger partial charge >= 0.3 is 23.5 Å². The summed E-state index contributed by atoms with van der Waals surface area (Å²) in [4.78, 5) is 87.2. The Morgan fingerprint density at radius 1 is 1.09 bits per heavy atom. The lowest BCUT2D eigenvalue weighted by molar-refractivity contribution is -0.137. The van der Waals surface area contributed by atoms with Crippen LogP contribution in [0.4, 0.5) is 5.82 Å². The number of rotatable bonds is 20. The Hall–Kier alpha value is -2.70. The number of aromatic nitrogens is 4. The van der Waals surface area contributed by atoms with Crippen molar-refractivity contribution in [2.75, 3.05) is 37.8 Å². The number of phosphoric ester groups is 3. The molecular weight excluding hydrogens is 807 g/mol. The van der Waals surface area contributed by atoms with E-state index in [9.17, 15) is 57.9 Å². The number of anilines is 1. The fourth-order valence-corrected chi connectivity index (χ4v) is 8.07.